The van der Waals surface area contributed by atoms with E-state index in [0.717, 1.165) is 11.0 Å². The first kappa shape index (κ1) is 21.9. The smallest absolute Gasteiger partial charge is 0.326 e. The number of anilines is 1. The molecule has 0 saturated carbocycles. The first-order valence-electron chi connectivity index (χ1n) is 9.97. The maximum absolute atomic E-state index is 12.6. The van der Waals surface area contributed by atoms with Crippen LogP contribution in [0.25, 0.3) is 10.9 Å². The monoisotopic (exact) mass is 421 g/mol. The lowest BCUT2D eigenvalue weighted by Crippen LogP contribution is -2.30. The number of Topliss-reactive ketones (excluding diaryl/α,β-unsaturated/α-hetero) is 1. The number of ether oxygens (including phenoxy) is 1. The van der Waals surface area contributed by atoms with Gasteiger partial charge in [0.25, 0.3) is 5.56 Å². The molecule has 0 unspecified atom stereocenters. The van der Waals surface area contributed by atoms with Crippen LogP contribution in [0.2, 0.25) is 0 Å². The molecule has 0 aliphatic carbocycles. The van der Waals surface area contributed by atoms with Crippen molar-refractivity contribution in [3.8, 4) is 0 Å². The Morgan fingerprint density at radius 2 is 1.81 bits per heavy atom. The zero-order valence-electron chi connectivity index (χ0n) is 17.3. The van der Waals surface area contributed by atoms with Gasteiger partial charge >= 0.3 is 5.97 Å². The standard InChI is InChI=1S/C23H23N3O5/c1-3-6-20(27)25-17-11-9-16(10-12-17)22(29)15(2)31-21(28)13-26-14-24-19-8-5-4-7-18(19)23(26)30/h4-5,7-12,14-15H,3,6,13H2,1-2H3,(H,25,27)/t15-/m0/s1. The summed E-state index contributed by atoms with van der Waals surface area (Å²) < 4.78 is 6.37. The summed E-state index contributed by atoms with van der Waals surface area (Å²) in [6.45, 7) is 3.03. The van der Waals surface area contributed by atoms with Crippen LogP contribution in [-0.4, -0.2) is 33.3 Å². The van der Waals surface area contributed by atoms with Gasteiger partial charge in [-0.15, -0.1) is 0 Å². The molecular weight excluding hydrogens is 398 g/mol. The number of hydrogen-bond donors (Lipinski definition) is 1. The highest BCUT2D eigenvalue weighted by Gasteiger charge is 2.20. The molecule has 0 fully saturated rings. The lowest BCUT2D eigenvalue weighted by Gasteiger charge is -2.13. The zero-order valence-corrected chi connectivity index (χ0v) is 17.3. The molecule has 8 nitrogen and oxygen atoms in total. The number of esters is 1. The van der Waals surface area contributed by atoms with Crippen molar-refractivity contribution in [3.63, 3.8) is 0 Å². The number of aromatic nitrogens is 2. The highest BCUT2D eigenvalue weighted by molar-refractivity contribution is 6.00. The first-order valence-corrected chi connectivity index (χ1v) is 9.97. The quantitative estimate of drug-likeness (QED) is 0.443. The van der Waals surface area contributed by atoms with Crippen LogP contribution < -0.4 is 10.9 Å². The van der Waals surface area contributed by atoms with E-state index in [0.29, 0.717) is 28.6 Å². The van der Waals surface area contributed by atoms with Crippen molar-refractivity contribution in [1.29, 1.82) is 0 Å². The average molecular weight is 421 g/mol. The van der Waals surface area contributed by atoms with Gasteiger partial charge in [0.2, 0.25) is 11.7 Å². The Kier molecular flexibility index (Phi) is 6.92. The molecule has 8 heteroatoms. The van der Waals surface area contributed by atoms with Crippen molar-refractivity contribution in [2.75, 3.05) is 5.32 Å². The van der Waals surface area contributed by atoms with E-state index >= 15 is 0 Å². The van der Waals surface area contributed by atoms with Gasteiger partial charge in [0.15, 0.2) is 6.10 Å². The Balaban J connectivity index is 1.62. The summed E-state index contributed by atoms with van der Waals surface area (Å²) in [5, 5.41) is 3.14. The largest absolute Gasteiger partial charge is 0.453 e. The fourth-order valence-electron chi connectivity index (χ4n) is 3.05. The number of hydrogen-bond acceptors (Lipinski definition) is 6. The molecule has 1 heterocycles. The van der Waals surface area contributed by atoms with E-state index in [4.69, 9.17) is 4.74 Å². The van der Waals surface area contributed by atoms with Crippen LogP contribution in [0, 0.1) is 0 Å². The third kappa shape index (κ3) is 5.42. The molecule has 0 aliphatic rings. The van der Waals surface area contributed by atoms with E-state index in [1.165, 1.54) is 13.3 Å². The van der Waals surface area contributed by atoms with E-state index < -0.39 is 12.1 Å². The second-order valence-corrected chi connectivity index (χ2v) is 7.07. The molecule has 0 radical (unpaired) electrons. The highest BCUT2D eigenvalue weighted by atomic mass is 16.5. The fraction of sp³-hybridized carbons (Fsp3) is 0.261. The average Bonchev–Trinajstić information content (AvgIpc) is 2.76. The molecule has 1 aromatic heterocycles. The number of carbonyl (C=O) groups excluding carboxylic acids is 3. The van der Waals surface area contributed by atoms with Crippen LogP contribution in [0.3, 0.4) is 0 Å². The number of carbonyl (C=O) groups is 3. The van der Waals surface area contributed by atoms with E-state index in [9.17, 15) is 19.2 Å². The Bertz CT molecular complexity index is 1170. The fourth-order valence-corrected chi connectivity index (χ4v) is 3.05. The summed E-state index contributed by atoms with van der Waals surface area (Å²) in [6.07, 6.45) is 1.41. The number of fused-ring (bicyclic) bond motifs is 1. The molecule has 2 aromatic carbocycles. The molecular formula is C23H23N3O5. The molecule has 3 rings (SSSR count). The van der Waals surface area contributed by atoms with Crippen LogP contribution in [0.15, 0.2) is 59.7 Å². The molecule has 3 aromatic rings. The number of nitrogens with zero attached hydrogens (tertiary/aromatic N) is 2. The predicted octanol–water partition coefficient (Wildman–Crippen LogP) is 2.95. The molecule has 160 valence electrons. The minimum absolute atomic E-state index is 0.0951. The predicted molar refractivity (Wildman–Crippen MR) is 116 cm³/mol. The summed E-state index contributed by atoms with van der Waals surface area (Å²) in [4.78, 5) is 53.1. The van der Waals surface area contributed by atoms with Crippen LogP contribution >= 0.6 is 0 Å². The van der Waals surface area contributed by atoms with E-state index in [1.54, 1.807) is 48.5 Å². The minimum atomic E-state index is -1.03. The van der Waals surface area contributed by atoms with Crippen molar-refractivity contribution >= 4 is 34.3 Å². The maximum atomic E-state index is 12.6. The molecule has 0 bridgehead atoms. The van der Waals surface area contributed by atoms with Gasteiger partial charge in [-0.25, -0.2) is 4.98 Å². The Morgan fingerprint density at radius 3 is 2.52 bits per heavy atom. The van der Waals surface area contributed by atoms with Gasteiger partial charge in [-0.1, -0.05) is 19.1 Å². The molecule has 0 spiro atoms. The molecule has 1 atom stereocenters. The van der Waals surface area contributed by atoms with E-state index in [1.807, 2.05) is 6.92 Å². The van der Waals surface area contributed by atoms with Crippen molar-refractivity contribution in [1.82, 2.24) is 9.55 Å². The van der Waals surface area contributed by atoms with Gasteiger partial charge < -0.3 is 10.1 Å². The van der Waals surface area contributed by atoms with Crippen molar-refractivity contribution in [2.45, 2.75) is 39.3 Å². The molecule has 31 heavy (non-hydrogen) atoms. The van der Waals surface area contributed by atoms with Gasteiger partial charge in [0, 0.05) is 17.7 Å². The zero-order chi connectivity index (χ0) is 22.4. The summed E-state index contributed by atoms with van der Waals surface area (Å²) in [5.41, 5.74) is 1.11. The third-order valence-corrected chi connectivity index (χ3v) is 4.64. The summed E-state index contributed by atoms with van der Waals surface area (Å²) in [5.74, 6) is -1.20. The Labute approximate surface area is 178 Å². The van der Waals surface area contributed by atoms with Gasteiger partial charge in [-0.2, -0.15) is 0 Å². The van der Waals surface area contributed by atoms with Gasteiger partial charge in [-0.3, -0.25) is 23.7 Å². The van der Waals surface area contributed by atoms with Gasteiger partial charge in [-0.05, 0) is 49.7 Å². The number of para-hydroxylation sites is 1. The minimum Gasteiger partial charge on any atom is -0.453 e. The second-order valence-electron chi connectivity index (χ2n) is 7.07. The van der Waals surface area contributed by atoms with E-state index in [2.05, 4.69) is 10.3 Å². The van der Waals surface area contributed by atoms with Gasteiger partial charge in [0.05, 0.1) is 17.2 Å². The van der Waals surface area contributed by atoms with E-state index in [-0.39, 0.29) is 23.8 Å². The van der Waals surface area contributed by atoms with Crippen LogP contribution in [-0.2, 0) is 20.9 Å². The Morgan fingerprint density at radius 1 is 1.10 bits per heavy atom. The van der Waals surface area contributed by atoms with Crippen LogP contribution in [0.4, 0.5) is 5.69 Å². The summed E-state index contributed by atoms with van der Waals surface area (Å²) in [7, 11) is 0. The first-order chi connectivity index (χ1) is 14.9. The van der Waals surface area contributed by atoms with Crippen LogP contribution in [0.5, 0.6) is 0 Å². The number of ketones is 1. The second kappa shape index (κ2) is 9.80. The lowest BCUT2D eigenvalue weighted by molar-refractivity contribution is -0.147. The summed E-state index contributed by atoms with van der Waals surface area (Å²) in [6, 6.07) is 13.2. The third-order valence-electron chi connectivity index (χ3n) is 4.64. The van der Waals surface area contributed by atoms with Crippen molar-refractivity contribution in [3.05, 3.63) is 70.8 Å². The van der Waals surface area contributed by atoms with Crippen LogP contribution in [0.1, 0.15) is 37.0 Å². The normalized spacial score (nSPS) is 11.7. The number of rotatable bonds is 8. The Hall–Kier alpha value is -3.81. The SMILES string of the molecule is CCCC(=O)Nc1ccc(C(=O)[C@H](C)OC(=O)Cn2cnc3ccccc3c2=O)cc1. The molecule has 1 N–H and O–H groups in total. The lowest BCUT2D eigenvalue weighted by atomic mass is 10.1. The number of benzene rings is 2. The van der Waals surface area contributed by atoms with Crippen molar-refractivity contribution < 1.29 is 19.1 Å². The molecule has 0 aliphatic heterocycles. The maximum Gasteiger partial charge on any atom is 0.326 e. The number of amides is 1. The van der Waals surface area contributed by atoms with Crippen molar-refractivity contribution in [2.24, 2.45) is 0 Å². The topological polar surface area (TPSA) is 107 Å². The number of nitrogens with one attached hydrogen (secondary N) is 1. The molecule has 1 amide bonds. The molecule has 0 saturated heterocycles. The van der Waals surface area contributed by atoms with Gasteiger partial charge in [0.1, 0.15) is 6.54 Å². The summed E-state index contributed by atoms with van der Waals surface area (Å²) >= 11 is 0. The highest BCUT2D eigenvalue weighted by Crippen LogP contribution is 2.13.